The summed E-state index contributed by atoms with van der Waals surface area (Å²) in [5, 5.41) is 9.67. The van der Waals surface area contributed by atoms with E-state index in [-0.39, 0.29) is 12.2 Å². The van der Waals surface area contributed by atoms with Crippen molar-refractivity contribution >= 4 is 0 Å². The third-order valence-corrected chi connectivity index (χ3v) is 2.83. The van der Waals surface area contributed by atoms with E-state index in [1.807, 2.05) is 6.92 Å². The highest BCUT2D eigenvalue weighted by Crippen LogP contribution is 2.48. The summed E-state index contributed by atoms with van der Waals surface area (Å²) in [6.45, 7) is 5.57. The molecule has 4 nitrogen and oxygen atoms in total. The van der Waals surface area contributed by atoms with Crippen LogP contribution in [0.4, 0.5) is 0 Å². The van der Waals surface area contributed by atoms with Gasteiger partial charge in [-0.15, -0.1) is 6.58 Å². The first-order valence-electron chi connectivity index (χ1n) is 4.33. The largest absolute Gasteiger partial charge is 0.385 e. The number of hydrogen-bond donors (Lipinski definition) is 1. The molecule has 2 aliphatic rings. The summed E-state index contributed by atoms with van der Waals surface area (Å²) in [7, 11) is 1.50. The first-order valence-corrected chi connectivity index (χ1v) is 4.33. The lowest BCUT2D eigenvalue weighted by Gasteiger charge is -2.31. The monoisotopic (exact) mass is 186 g/mol. The van der Waals surface area contributed by atoms with Gasteiger partial charge in [-0.2, -0.15) is 0 Å². The van der Waals surface area contributed by atoms with Gasteiger partial charge in [-0.05, 0) is 6.92 Å². The van der Waals surface area contributed by atoms with Gasteiger partial charge in [0.2, 0.25) is 0 Å². The summed E-state index contributed by atoms with van der Waals surface area (Å²) in [6, 6.07) is 0. The molecular weight excluding hydrogens is 172 g/mol. The van der Waals surface area contributed by atoms with Crippen molar-refractivity contribution in [1.82, 2.24) is 0 Å². The molecule has 74 valence electrons. The van der Waals surface area contributed by atoms with Crippen LogP contribution < -0.4 is 0 Å². The van der Waals surface area contributed by atoms with E-state index in [4.69, 9.17) is 14.2 Å². The van der Waals surface area contributed by atoms with Crippen LogP contribution in [-0.4, -0.2) is 42.4 Å². The molecular formula is C9H14O4. The molecule has 2 rings (SSSR count). The number of hydrogen-bond acceptors (Lipinski definition) is 4. The van der Waals surface area contributed by atoms with Crippen molar-refractivity contribution in [2.45, 2.75) is 37.1 Å². The highest BCUT2D eigenvalue weighted by molar-refractivity contribution is 5.22. The van der Waals surface area contributed by atoms with Crippen LogP contribution in [0.1, 0.15) is 6.92 Å². The molecule has 0 bridgehead atoms. The fraction of sp³-hybridized carbons (Fsp3) is 0.778. The first kappa shape index (κ1) is 9.15. The lowest BCUT2D eigenvalue weighted by molar-refractivity contribution is -0.220. The van der Waals surface area contributed by atoms with Gasteiger partial charge in [0.25, 0.3) is 0 Å². The molecule has 2 heterocycles. The average molecular weight is 186 g/mol. The van der Waals surface area contributed by atoms with Crippen LogP contribution >= 0.6 is 0 Å². The van der Waals surface area contributed by atoms with Crippen LogP contribution in [0.5, 0.6) is 0 Å². The van der Waals surface area contributed by atoms with Crippen LogP contribution in [0.25, 0.3) is 0 Å². The summed E-state index contributed by atoms with van der Waals surface area (Å²) >= 11 is 0. The van der Waals surface area contributed by atoms with Crippen molar-refractivity contribution < 1.29 is 19.3 Å². The Balaban J connectivity index is 2.16. The lowest BCUT2D eigenvalue weighted by atomic mass is 9.93. The molecule has 1 N–H and O–H groups in total. The molecule has 0 aromatic carbocycles. The predicted octanol–water partition coefficient (Wildman–Crippen LogP) is 0.0621. The van der Waals surface area contributed by atoms with Gasteiger partial charge in [0, 0.05) is 7.11 Å². The van der Waals surface area contributed by atoms with E-state index in [9.17, 15) is 5.11 Å². The summed E-state index contributed by atoms with van der Waals surface area (Å²) in [5.74, 6) is 0. The van der Waals surface area contributed by atoms with Crippen molar-refractivity contribution in [3.05, 3.63) is 12.7 Å². The Labute approximate surface area is 77.1 Å². The first-order chi connectivity index (χ1) is 6.15. The Bertz CT molecular complexity index is 230. The number of epoxide rings is 1. The SMILES string of the molecule is C=C[C@@]12O[C@@H]1[C@@H](O)[C@@H](OC)O[C@@H]2C. The number of methoxy groups -OCH3 is 1. The molecule has 0 aliphatic carbocycles. The molecule has 0 saturated carbocycles. The summed E-state index contributed by atoms with van der Waals surface area (Å²) in [6.07, 6.45) is 0.0362. The minimum atomic E-state index is -0.723. The maximum absolute atomic E-state index is 9.67. The van der Waals surface area contributed by atoms with E-state index in [1.165, 1.54) is 7.11 Å². The van der Waals surface area contributed by atoms with Crippen LogP contribution in [0.15, 0.2) is 12.7 Å². The van der Waals surface area contributed by atoms with Gasteiger partial charge >= 0.3 is 0 Å². The van der Waals surface area contributed by atoms with Gasteiger partial charge in [-0.1, -0.05) is 6.08 Å². The van der Waals surface area contributed by atoms with Gasteiger partial charge < -0.3 is 19.3 Å². The van der Waals surface area contributed by atoms with Crippen molar-refractivity contribution in [2.75, 3.05) is 7.11 Å². The lowest BCUT2D eigenvalue weighted by Crippen LogP contribution is -2.49. The fourth-order valence-corrected chi connectivity index (χ4v) is 1.91. The second-order valence-corrected chi connectivity index (χ2v) is 3.47. The van der Waals surface area contributed by atoms with Gasteiger partial charge in [0.05, 0.1) is 6.10 Å². The zero-order chi connectivity index (χ0) is 9.64. The summed E-state index contributed by atoms with van der Waals surface area (Å²) in [5.41, 5.74) is -0.492. The van der Waals surface area contributed by atoms with E-state index < -0.39 is 18.0 Å². The smallest absolute Gasteiger partial charge is 0.186 e. The second kappa shape index (κ2) is 2.78. The molecule has 2 saturated heterocycles. The number of rotatable bonds is 2. The number of aliphatic hydroxyl groups excluding tert-OH is 1. The van der Waals surface area contributed by atoms with Gasteiger partial charge in [-0.3, -0.25) is 0 Å². The Morgan fingerprint density at radius 2 is 2.31 bits per heavy atom. The standard InChI is InChI=1S/C9H14O4/c1-4-9-5(2)12-8(11-3)6(10)7(9)13-9/h4-8,10H,1H2,2-3H3/t5-,6-,7-,8+,9+/m1/s1. The third kappa shape index (κ3) is 1.07. The van der Waals surface area contributed by atoms with Gasteiger partial charge in [0.1, 0.15) is 17.8 Å². The van der Waals surface area contributed by atoms with Crippen LogP contribution in [0, 0.1) is 0 Å². The van der Waals surface area contributed by atoms with Gasteiger partial charge in [-0.25, -0.2) is 0 Å². The highest BCUT2D eigenvalue weighted by Gasteiger charge is 2.67. The van der Waals surface area contributed by atoms with E-state index in [0.717, 1.165) is 0 Å². The molecule has 0 amide bonds. The van der Waals surface area contributed by atoms with Gasteiger partial charge in [0.15, 0.2) is 6.29 Å². The molecule has 0 aromatic rings. The second-order valence-electron chi connectivity index (χ2n) is 3.47. The maximum atomic E-state index is 9.67. The fourth-order valence-electron chi connectivity index (χ4n) is 1.91. The zero-order valence-electron chi connectivity index (χ0n) is 7.77. The van der Waals surface area contributed by atoms with Crippen molar-refractivity contribution in [3.8, 4) is 0 Å². The molecule has 5 atom stereocenters. The molecule has 0 aromatic heterocycles. The van der Waals surface area contributed by atoms with Crippen molar-refractivity contribution in [1.29, 1.82) is 0 Å². The molecule has 0 radical (unpaired) electrons. The highest BCUT2D eigenvalue weighted by atomic mass is 16.7. The number of ether oxygens (including phenoxy) is 3. The van der Waals surface area contributed by atoms with E-state index in [1.54, 1.807) is 6.08 Å². The Hall–Kier alpha value is -0.420. The minimum absolute atomic E-state index is 0.122. The van der Waals surface area contributed by atoms with E-state index in [0.29, 0.717) is 0 Å². The average Bonchev–Trinajstić information content (AvgIpc) is 2.88. The number of fused-ring (bicyclic) bond motifs is 1. The van der Waals surface area contributed by atoms with Crippen molar-refractivity contribution in [2.24, 2.45) is 0 Å². The number of aliphatic hydroxyl groups is 1. The summed E-state index contributed by atoms with van der Waals surface area (Å²) < 4.78 is 15.8. The summed E-state index contributed by atoms with van der Waals surface area (Å²) in [4.78, 5) is 0. The molecule has 2 fully saturated rings. The maximum Gasteiger partial charge on any atom is 0.186 e. The quantitative estimate of drug-likeness (QED) is 0.489. The molecule has 13 heavy (non-hydrogen) atoms. The Morgan fingerprint density at radius 1 is 1.62 bits per heavy atom. The minimum Gasteiger partial charge on any atom is -0.385 e. The molecule has 0 spiro atoms. The zero-order valence-corrected chi connectivity index (χ0v) is 7.77. The third-order valence-electron chi connectivity index (χ3n) is 2.83. The predicted molar refractivity (Wildman–Crippen MR) is 45.2 cm³/mol. The topological polar surface area (TPSA) is 51.2 Å². The van der Waals surface area contributed by atoms with Crippen LogP contribution in [0.2, 0.25) is 0 Å². The van der Waals surface area contributed by atoms with Crippen LogP contribution in [-0.2, 0) is 14.2 Å². The van der Waals surface area contributed by atoms with E-state index >= 15 is 0 Å². The molecule has 4 heteroatoms. The Kier molecular flexibility index (Phi) is 1.96. The molecule has 2 aliphatic heterocycles. The normalized spacial score (nSPS) is 54.1. The van der Waals surface area contributed by atoms with Crippen LogP contribution in [0.3, 0.4) is 0 Å². The van der Waals surface area contributed by atoms with Crippen molar-refractivity contribution in [3.63, 3.8) is 0 Å². The van der Waals surface area contributed by atoms with E-state index in [2.05, 4.69) is 6.58 Å². The molecule has 0 unspecified atom stereocenters. The Morgan fingerprint density at radius 3 is 2.85 bits per heavy atom.